The minimum atomic E-state index is -0.129. The van der Waals surface area contributed by atoms with E-state index in [1.165, 1.54) is 11.3 Å². The Morgan fingerprint density at radius 1 is 1.16 bits per heavy atom. The van der Waals surface area contributed by atoms with Gasteiger partial charge in [-0.25, -0.2) is 9.97 Å². The van der Waals surface area contributed by atoms with E-state index in [1.54, 1.807) is 19.5 Å². The largest absolute Gasteiger partial charge is 0.484 e. The first-order chi connectivity index (χ1) is 12.2. The molecule has 0 bridgehead atoms. The van der Waals surface area contributed by atoms with Gasteiger partial charge in [0.25, 0.3) is 0 Å². The number of anilines is 2. The molecule has 0 spiro atoms. The maximum atomic E-state index is 5.96. The van der Waals surface area contributed by atoms with Crippen LogP contribution in [0.1, 0.15) is 6.92 Å². The summed E-state index contributed by atoms with van der Waals surface area (Å²) in [4.78, 5) is 8.64. The van der Waals surface area contributed by atoms with E-state index < -0.39 is 0 Å². The summed E-state index contributed by atoms with van der Waals surface area (Å²) in [5.74, 6) is 2.49. The molecule has 25 heavy (non-hydrogen) atoms. The van der Waals surface area contributed by atoms with E-state index in [4.69, 9.17) is 14.2 Å². The molecule has 7 heteroatoms. The van der Waals surface area contributed by atoms with Crippen LogP contribution in [0, 0.1) is 0 Å². The average Bonchev–Trinajstić information content (AvgIpc) is 3.11. The molecule has 0 radical (unpaired) electrons. The Morgan fingerprint density at radius 2 is 2.00 bits per heavy atom. The molecular formula is C18H19N3O3S. The molecule has 0 saturated heterocycles. The number of hydrogen-bond acceptors (Lipinski definition) is 7. The molecule has 3 aromatic rings. The Morgan fingerprint density at radius 3 is 2.72 bits per heavy atom. The minimum Gasteiger partial charge on any atom is -0.484 e. The number of benzene rings is 1. The summed E-state index contributed by atoms with van der Waals surface area (Å²) >= 11 is 1.49. The Labute approximate surface area is 150 Å². The summed E-state index contributed by atoms with van der Waals surface area (Å²) in [6, 6.07) is 11.3. The molecular weight excluding hydrogens is 338 g/mol. The van der Waals surface area contributed by atoms with Gasteiger partial charge >= 0.3 is 0 Å². The predicted octanol–water partition coefficient (Wildman–Crippen LogP) is 4.49. The molecule has 0 amide bonds. The number of rotatable bonds is 8. The highest BCUT2D eigenvalue weighted by molar-refractivity contribution is 7.13. The van der Waals surface area contributed by atoms with Crippen molar-refractivity contribution >= 4 is 22.3 Å². The molecule has 1 atom stereocenters. The third-order valence-corrected chi connectivity index (χ3v) is 3.88. The quantitative estimate of drug-likeness (QED) is 0.641. The summed E-state index contributed by atoms with van der Waals surface area (Å²) in [6.07, 6.45) is 3.25. The van der Waals surface area contributed by atoms with Crippen molar-refractivity contribution in [3.05, 3.63) is 54.2 Å². The van der Waals surface area contributed by atoms with Crippen LogP contribution in [-0.2, 0) is 4.74 Å². The number of pyridine rings is 1. The third kappa shape index (κ3) is 4.91. The maximum absolute atomic E-state index is 5.96. The molecule has 3 rings (SSSR count). The van der Waals surface area contributed by atoms with Crippen LogP contribution in [0.15, 0.2) is 54.2 Å². The number of para-hydroxylation sites is 1. The van der Waals surface area contributed by atoms with E-state index in [0.717, 1.165) is 10.9 Å². The fraction of sp³-hybridized carbons (Fsp3) is 0.222. The molecule has 0 fully saturated rings. The van der Waals surface area contributed by atoms with Crippen LogP contribution < -0.4 is 14.8 Å². The van der Waals surface area contributed by atoms with Gasteiger partial charge in [0.1, 0.15) is 17.6 Å². The van der Waals surface area contributed by atoms with Crippen LogP contribution in [0.4, 0.5) is 10.9 Å². The number of nitrogens with zero attached hydrogens (tertiary/aromatic N) is 2. The molecule has 0 aliphatic rings. The molecule has 1 aromatic carbocycles. The van der Waals surface area contributed by atoms with Gasteiger partial charge in [0.05, 0.1) is 12.8 Å². The van der Waals surface area contributed by atoms with Gasteiger partial charge in [-0.2, -0.15) is 0 Å². The van der Waals surface area contributed by atoms with Gasteiger partial charge in [0.15, 0.2) is 16.7 Å². The van der Waals surface area contributed by atoms with E-state index >= 15 is 0 Å². The first-order valence-electron chi connectivity index (χ1n) is 7.79. The standard InChI is InChI=1S/C18H19N3O3S/c1-13(12-22-2)23-16-10-15(24-14-6-4-3-5-7-14)11-20-17(16)21-18-19-8-9-25-18/h3-11,13H,12H2,1-2H3,(H,19,20,21)/t13-/m0/s1. The smallest absolute Gasteiger partial charge is 0.188 e. The van der Waals surface area contributed by atoms with Gasteiger partial charge in [0, 0.05) is 24.8 Å². The van der Waals surface area contributed by atoms with Gasteiger partial charge in [-0.15, -0.1) is 11.3 Å². The lowest BCUT2D eigenvalue weighted by Gasteiger charge is -2.17. The molecule has 2 aromatic heterocycles. The van der Waals surface area contributed by atoms with Crippen LogP contribution in [0.5, 0.6) is 17.2 Å². The van der Waals surface area contributed by atoms with Crippen LogP contribution in [0.3, 0.4) is 0 Å². The van der Waals surface area contributed by atoms with E-state index in [9.17, 15) is 0 Å². The van der Waals surface area contributed by atoms with Gasteiger partial charge in [-0.1, -0.05) is 18.2 Å². The van der Waals surface area contributed by atoms with Crippen molar-refractivity contribution in [2.75, 3.05) is 19.0 Å². The number of thiazole rings is 1. The van der Waals surface area contributed by atoms with E-state index in [1.807, 2.05) is 48.7 Å². The van der Waals surface area contributed by atoms with Crippen molar-refractivity contribution in [3.63, 3.8) is 0 Å². The highest BCUT2D eigenvalue weighted by Crippen LogP contribution is 2.32. The second-order valence-corrected chi connectivity index (χ2v) is 6.17. The molecule has 1 N–H and O–H groups in total. The highest BCUT2D eigenvalue weighted by atomic mass is 32.1. The lowest BCUT2D eigenvalue weighted by Crippen LogP contribution is -2.18. The Kier molecular flexibility index (Phi) is 5.81. The van der Waals surface area contributed by atoms with Crippen LogP contribution >= 0.6 is 11.3 Å². The zero-order chi connectivity index (χ0) is 17.5. The fourth-order valence-electron chi connectivity index (χ4n) is 2.16. The van der Waals surface area contributed by atoms with Crippen molar-refractivity contribution < 1.29 is 14.2 Å². The Balaban J connectivity index is 1.83. The van der Waals surface area contributed by atoms with Crippen LogP contribution in [0.2, 0.25) is 0 Å². The third-order valence-electron chi connectivity index (χ3n) is 3.19. The van der Waals surface area contributed by atoms with Crippen LogP contribution in [-0.4, -0.2) is 29.8 Å². The molecule has 6 nitrogen and oxygen atoms in total. The molecule has 0 aliphatic carbocycles. The number of ether oxygens (including phenoxy) is 3. The fourth-order valence-corrected chi connectivity index (χ4v) is 2.69. The minimum absolute atomic E-state index is 0.129. The number of nitrogens with one attached hydrogen (secondary N) is 1. The first-order valence-corrected chi connectivity index (χ1v) is 8.67. The summed E-state index contributed by atoms with van der Waals surface area (Å²) in [7, 11) is 1.64. The number of hydrogen-bond donors (Lipinski definition) is 1. The van der Waals surface area contributed by atoms with E-state index in [0.29, 0.717) is 23.9 Å². The highest BCUT2D eigenvalue weighted by Gasteiger charge is 2.13. The van der Waals surface area contributed by atoms with Crippen molar-refractivity contribution in [2.45, 2.75) is 13.0 Å². The van der Waals surface area contributed by atoms with E-state index in [2.05, 4.69) is 15.3 Å². The molecule has 0 unspecified atom stereocenters. The lowest BCUT2D eigenvalue weighted by molar-refractivity contribution is 0.0922. The second-order valence-electron chi connectivity index (χ2n) is 5.28. The molecule has 0 saturated carbocycles. The summed E-state index contributed by atoms with van der Waals surface area (Å²) in [5, 5.41) is 5.80. The summed E-state index contributed by atoms with van der Waals surface area (Å²) in [5.41, 5.74) is 0. The van der Waals surface area contributed by atoms with Gasteiger partial charge in [-0.3, -0.25) is 0 Å². The Bertz CT molecular complexity index is 782. The van der Waals surface area contributed by atoms with Gasteiger partial charge in [0.2, 0.25) is 0 Å². The van der Waals surface area contributed by atoms with Crippen molar-refractivity contribution in [1.82, 2.24) is 9.97 Å². The number of methoxy groups -OCH3 is 1. The first kappa shape index (κ1) is 17.2. The van der Waals surface area contributed by atoms with Crippen molar-refractivity contribution in [3.8, 4) is 17.2 Å². The molecule has 130 valence electrons. The second kappa shape index (κ2) is 8.46. The van der Waals surface area contributed by atoms with Crippen LogP contribution in [0.25, 0.3) is 0 Å². The number of aromatic nitrogens is 2. The zero-order valence-electron chi connectivity index (χ0n) is 14.0. The molecule has 2 heterocycles. The monoisotopic (exact) mass is 357 g/mol. The zero-order valence-corrected chi connectivity index (χ0v) is 14.8. The summed E-state index contributed by atoms with van der Waals surface area (Å²) in [6.45, 7) is 2.40. The predicted molar refractivity (Wildman–Crippen MR) is 98.1 cm³/mol. The van der Waals surface area contributed by atoms with Gasteiger partial charge in [-0.05, 0) is 19.1 Å². The summed E-state index contributed by atoms with van der Waals surface area (Å²) < 4.78 is 16.9. The topological polar surface area (TPSA) is 65.5 Å². The van der Waals surface area contributed by atoms with E-state index in [-0.39, 0.29) is 6.10 Å². The normalized spacial score (nSPS) is 11.8. The SMILES string of the molecule is COC[C@H](C)Oc1cc(Oc2ccccc2)cnc1Nc1nccs1. The lowest BCUT2D eigenvalue weighted by atomic mass is 10.3. The maximum Gasteiger partial charge on any atom is 0.188 e. The average molecular weight is 357 g/mol. The van der Waals surface area contributed by atoms with Crippen molar-refractivity contribution in [2.24, 2.45) is 0 Å². The van der Waals surface area contributed by atoms with Gasteiger partial charge < -0.3 is 19.5 Å². The van der Waals surface area contributed by atoms with Crippen molar-refractivity contribution in [1.29, 1.82) is 0 Å². The molecule has 0 aliphatic heterocycles. The Hall–Kier alpha value is -2.64.